The molecule has 1 aromatic rings. The molecule has 2 atom stereocenters. The van der Waals surface area contributed by atoms with Gasteiger partial charge in [0.2, 0.25) is 0 Å². The summed E-state index contributed by atoms with van der Waals surface area (Å²) < 4.78 is 0. The molecule has 1 N–H and O–H groups in total. The Morgan fingerprint density at radius 3 is 2.25 bits per heavy atom. The average molecular weight is 272 g/mol. The first-order valence-corrected chi connectivity index (χ1v) is 7.60. The van der Waals surface area contributed by atoms with Gasteiger partial charge in [-0.05, 0) is 52.7 Å². The van der Waals surface area contributed by atoms with Crippen LogP contribution < -0.4 is 0 Å². The van der Waals surface area contributed by atoms with Gasteiger partial charge in [-0.25, -0.2) is 0 Å². The van der Waals surface area contributed by atoms with E-state index in [1.54, 1.807) is 0 Å². The van der Waals surface area contributed by atoms with Gasteiger partial charge in [0.15, 0.2) is 0 Å². The average Bonchev–Trinajstić information content (AvgIpc) is 3.15. The summed E-state index contributed by atoms with van der Waals surface area (Å²) in [6.07, 6.45) is 3.22. The lowest BCUT2D eigenvalue weighted by Gasteiger charge is -2.42. The molecule has 0 saturated heterocycles. The van der Waals surface area contributed by atoms with E-state index in [1.165, 1.54) is 29.5 Å². The van der Waals surface area contributed by atoms with Crippen molar-refractivity contribution in [3.05, 3.63) is 34.9 Å². The zero-order chi connectivity index (χ0) is 14.7. The second kappa shape index (κ2) is 4.09. The van der Waals surface area contributed by atoms with Crippen LogP contribution in [0.25, 0.3) is 0 Å². The maximum atomic E-state index is 11.1. The van der Waals surface area contributed by atoms with E-state index in [-0.39, 0.29) is 22.7 Å². The highest BCUT2D eigenvalue weighted by Crippen LogP contribution is 2.51. The van der Waals surface area contributed by atoms with Crippen molar-refractivity contribution in [2.45, 2.75) is 63.7 Å². The highest BCUT2D eigenvalue weighted by Gasteiger charge is 2.45. The fourth-order valence-corrected chi connectivity index (χ4v) is 3.67. The van der Waals surface area contributed by atoms with E-state index < -0.39 is 5.97 Å². The van der Waals surface area contributed by atoms with Crippen molar-refractivity contribution in [2.75, 3.05) is 0 Å². The van der Waals surface area contributed by atoms with E-state index >= 15 is 0 Å². The van der Waals surface area contributed by atoms with Crippen LogP contribution in [0.1, 0.15) is 69.6 Å². The van der Waals surface area contributed by atoms with Crippen LogP contribution in [0.4, 0.5) is 0 Å². The molecule has 2 heteroatoms. The molecule has 0 heterocycles. The number of aliphatic carboxylic acids is 1. The minimum atomic E-state index is -0.646. The van der Waals surface area contributed by atoms with Crippen LogP contribution in [-0.2, 0) is 15.6 Å². The van der Waals surface area contributed by atoms with E-state index in [9.17, 15) is 4.79 Å². The van der Waals surface area contributed by atoms with E-state index in [1.807, 2.05) is 0 Å². The highest BCUT2D eigenvalue weighted by molar-refractivity contribution is 5.75. The third-order valence-electron chi connectivity index (χ3n) is 5.41. The number of rotatable bonds is 2. The molecule has 20 heavy (non-hydrogen) atoms. The number of hydrogen-bond acceptors (Lipinski definition) is 1. The van der Waals surface area contributed by atoms with Crippen molar-refractivity contribution >= 4 is 5.97 Å². The van der Waals surface area contributed by atoms with Crippen molar-refractivity contribution in [2.24, 2.45) is 5.92 Å². The normalized spacial score (nSPS) is 29.6. The van der Waals surface area contributed by atoms with Crippen molar-refractivity contribution < 1.29 is 9.90 Å². The lowest BCUT2D eigenvalue weighted by atomic mass is 9.63. The molecule has 2 unspecified atom stereocenters. The Morgan fingerprint density at radius 2 is 1.70 bits per heavy atom. The fraction of sp³-hybridized carbons (Fsp3) is 0.611. The van der Waals surface area contributed by atoms with Gasteiger partial charge in [-0.2, -0.15) is 0 Å². The minimum absolute atomic E-state index is 0.159. The number of carbonyl (C=O) groups is 1. The summed E-state index contributed by atoms with van der Waals surface area (Å²) in [5.41, 5.74) is 4.54. The maximum absolute atomic E-state index is 11.1. The van der Waals surface area contributed by atoms with Gasteiger partial charge in [-0.3, -0.25) is 4.79 Å². The minimum Gasteiger partial charge on any atom is -0.481 e. The van der Waals surface area contributed by atoms with Gasteiger partial charge < -0.3 is 5.11 Å². The number of benzene rings is 1. The molecule has 0 bridgehead atoms. The lowest BCUT2D eigenvalue weighted by molar-refractivity contribution is -0.138. The van der Waals surface area contributed by atoms with Gasteiger partial charge in [-0.15, -0.1) is 0 Å². The van der Waals surface area contributed by atoms with E-state index in [0.29, 0.717) is 0 Å². The topological polar surface area (TPSA) is 37.3 Å². The molecular weight excluding hydrogens is 248 g/mol. The van der Waals surface area contributed by atoms with Gasteiger partial charge in [0.1, 0.15) is 0 Å². The molecule has 0 radical (unpaired) electrons. The zero-order valence-corrected chi connectivity index (χ0v) is 12.9. The monoisotopic (exact) mass is 272 g/mol. The standard InChI is InChI=1S/C18H24O2/c1-17(2)7-8-18(3,4)15-9-11(5-6-14(15)17)12-10-13(12)16(19)20/h5-6,9,12-13H,7-8,10H2,1-4H3,(H,19,20). The Morgan fingerprint density at radius 1 is 1.10 bits per heavy atom. The van der Waals surface area contributed by atoms with Crippen molar-refractivity contribution in [1.29, 1.82) is 0 Å². The van der Waals surface area contributed by atoms with Crippen LogP contribution in [0.15, 0.2) is 18.2 Å². The summed E-state index contributed by atoms with van der Waals surface area (Å²) in [5, 5.41) is 9.11. The van der Waals surface area contributed by atoms with E-state index in [2.05, 4.69) is 45.9 Å². The first kappa shape index (κ1) is 13.7. The summed E-state index contributed by atoms with van der Waals surface area (Å²) in [7, 11) is 0. The third-order valence-corrected chi connectivity index (χ3v) is 5.41. The predicted octanol–water partition coefficient (Wildman–Crippen LogP) is 4.22. The zero-order valence-electron chi connectivity index (χ0n) is 12.9. The number of carboxylic acid groups (broad SMARTS) is 1. The molecular formula is C18H24O2. The quantitative estimate of drug-likeness (QED) is 0.875. The molecule has 1 fully saturated rings. The summed E-state index contributed by atoms with van der Waals surface area (Å²) in [6, 6.07) is 6.71. The molecule has 0 aliphatic heterocycles. The van der Waals surface area contributed by atoms with Gasteiger partial charge in [-0.1, -0.05) is 45.9 Å². The Hall–Kier alpha value is -1.31. The van der Waals surface area contributed by atoms with Crippen LogP contribution in [0.2, 0.25) is 0 Å². The van der Waals surface area contributed by atoms with Gasteiger partial charge in [0, 0.05) is 0 Å². The second-order valence-electron chi connectivity index (χ2n) is 7.86. The summed E-state index contributed by atoms with van der Waals surface area (Å²) in [5.74, 6) is -0.571. The molecule has 0 amide bonds. The van der Waals surface area contributed by atoms with Crippen molar-refractivity contribution in [1.82, 2.24) is 0 Å². The van der Waals surface area contributed by atoms with Gasteiger partial charge in [0.25, 0.3) is 0 Å². The largest absolute Gasteiger partial charge is 0.481 e. The maximum Gasteiger partial charge on any atom is 0.307 e. The predicted molar refractivity (Wildman–Crippen MR) is 80.2 cm³/mol. The first-order chi connectivity index (χ1) is 9.22. The molecule has 2 aliphatic carbocycles. The number of hydrogen-bond donors (Lipinski definition) is 1. The number of carboxylic acids is 1. The molecule has 1 saturated carbocycles. The molecule has 0 spiro atoms. The third kappa shape index (κ3) is 2.06. The fourth-order valence-electron chi connectivity index (χ4n) is 3.67. The Kier molecular flexibility index (Phi) is 2.80. The molecule has 1 aromatic carbocycles. The van der Waals surface area contributed by atoms with Crippen LogP contribution >= 0.6 is 0 Å². The van der Waals surface area contributed by atoms with Crippen molar-refractivity contribution in [3.8, 4) is 0 Å². The number of fused-ring (bicyclic) bond motifs is 1. The smallest absolute Gasteiger partial charge is 0.307 e. The summed E-state index contributed by atoms with van der Waals surface area (Å²) >= 11 is 0. The Labute approximate surface area is 121 Å². The lowest BCUT2D eigenvalue weighted by Crippen LogP contribution is -2.33. The van der Waals surface area contributed by atoms with Crippen LogP contribution in [0.3, 0.4) is 0 Å². The first-order valence-electron chi connectivity index (χ1n) is 7.60. The second-order valence-corrected chi connectivity index (χ2v) is 7.86. The SMILES string of the molecule is CC1(C)CCC(C)(C)c2cc(C3CC3C(=O)O)ccc21. The Balaban J connectivity index is 2.01. The van der Waals surface area contributed by atoms with Crippen molar-refractivity contribution in [3.63, 3.8) is 0 Å². The van der Waals surface area contributed by atoms with E-state index in [0.717, 1.165) is 6.42 Å². The van der Waals surface area contributed by atoms with Gasteiger partial charge >= 0.3 is 5.97 Å². The molecule has 3 rings (SSSR count). The van der Waals surface area contributed by atoms with E-state index in [4.69, 9.17) is 5.11 Å². The molecule has 2 aliphatic rings. The van der Waals surface area contributed by atoms with Crippen LogP contribution in [-0.4, -0.2) is 11.1 Å². The molecule has 2 nitrogen and oxygen atoms in total. The van der Waals surface area contributed by atoms with Gasteiger partial charge in [0.05, 0.1) is 5.92 Å². The van der Waals surface area contributed by atoms with Crippen LogP contribution in [0.5, 0.6) is 0 Å². The molecule has 0 aromatic heterocycles. The molecule has 108 valence electrons. The summed E-state index contributed by atoms with van der Waals surface area (Å²) in [4.78, 5) is 11.1. The Bertz CT molecular complexity index is 569. The summed E-state index contributed by atoms with van der Waals surface area (Å²) in [6.45, 7) is 9.26. The highest BCUT2D eigenvalue weighted by atomic mass is 16.4. The van der Waals surface area contributed by atoms with Crippen LogP contribution in [0, 0.1) is 5.92 Å².